The number of aromatic amines is 1. The number of rotatable bonds is 3. The number of carbonyl (C=O) groups excluding carboxylic acids is 1. The van der Waals surface area contributed by atoms with Crippen LogP contribution in [0.3, 0.4) is 0 Å². The van der Waals surface area contributed by atoms with Crippen molar-refractivity contribution in [3.63, 3.8) is 0 Å². The first-order valence-corrected chi connectivity index (χ1v) is 5.87. The molecular formula is C13H17N3O. The van der Waals surface area contributed by atoms with Gasteiger partial charge in [0.05, 0.1) is 11.0 Å². The Labute approximate surface area is 100 Å². The number of hydrogen-bond donors (Lipinski definition) is 2. The molecule has 0 saturated heterocycles. The van der Waals surface area contributed by atoms with Crippen molar-refractivity contribution in [3.8, 4) is 0 Å². The number of aryl methyl sites for hydroxylation is 2. The maximum Gasteiger partial charge on any atom is 0.251 e. The van der Waals surface area contributed by atoms with E-state index in [-0.39, 0.29) is 5.91 Å². The molecule has 4 nitrogen and oxygen atoms in total. The molecule has 0 bridgehead atoms. The zero-order chi connectivity index (χ0) is 12.4. The number of hydrogen-bond acceptors (Lipinski definition) is 2. The lowest BCUT2D eigenvalue weighted by molar-refractivity contribution is 0.0963. The van der Waals surface area contributed by atoms with Gasteiger partial charge in [0.2, 0.25) is 0 Å². The van der Waals surface area contributed by atoms with Crippen molar-refractivity contribution in [2.24, 2.45) is 0 Å². The lowest BCUT2D eigenvalue weighted by Gasteiger charge is -2.01. The molecule has 90 valence electrons. The summed E-state index contributed by atoms with van der Waals surface area (Å²) in [5, 5.41) is 2.63. The first-order valence-electron chi connectivity index (χ1n) is 5.87. The zero-order valence-corrected chi connectivity index (χ0v) is 10.4. The van der Waals surface area contributed by atoms with Crippen LogP contribution in [0.25, 0.3) is 11.0 Å². The summed E-state index contributed by atoms with van der Waals surface area (Å²) in [4.78, 5) is 19.4. The molecule has 0 radical (unpaired) electrons. The lowest BCUT2D eigenvalue weighted by Crippen LogP contribution is -2.17. The van der Waals surface area contributed by atoms with Crippen LogP contribution >= 0.6 is 0 Å². The van der Waals surface area contributed by atoms with Crippen LogP contribution in [0.1, 0.15) is 35.1 Å². The predicted octanol–water partition coefficient (Wildman–Crippen LogP) is 2.18. The average Bonchev–Trinajstić information content (AvgIpc) is 2.71. The van der Waals surface area contributed by atoms with Gasteiger partial charge >= 0.3 is 0 Å². The largest absolute Gasteiger partial charge is 0.355 e. The normalized spacial score (nSPS) is 10.8. The van der Waals surface area contributed by atoms with E-state index in [1.165, 1.54) is 0 Å². The number of nitrogens with zero attached hydrogens (tertiary/aromatic N) is 1. The van der Waals surface area contributed by atoms with Crippen molar-refractivity contribution >= 4 is 16.9 Å². The predicted molar refractivity (Wildman–Crippen MR) is 68.2 cm³/mol. The average molecular weight is 231 g/mol. The molecule has 0 aliphatic rings. The van der Waals surface area contributed by atoms with Gasteiger partial charge in [0.25, 0.3) is 5.91 Å². The van der Waals surface area contributed by atoms with Crippen molar-refractivity contribution in [1.82, 2.24) is 15.3 Å². The number of carbonyl (C=O) groups is 1. The van der Waals surface area contributed by atoms with Gasteiger partial charge in [-0.05, 0) is 31.0 Å². The second-order valence-electron chi connectivity index (χ2n) is 4.20. The minimum Gasteiger partial charge on any atom is -0.355 e. The molecule has 0 saturated carbocycles. The van der Waals surface area contributed by atoms with Gasteiger partial charge in [0.15, 0.2) is 0 Å². The maximum absolute atomic E-state index is 11.6. The van der Waals surface area contributed by atoms with Crippen LogP contribution in [0.5, 0.6) is 0 Å². The van der Waals surface area contributed by atoms with Crippen LogP contribution in [0.4, 0.5) is 0 Å². The van der Waals surface area contributed by atoms with Gasteiger partial charge < -0.3 is 10.3 Å². The highest BCUT2D eigenvalue weighted by atomic mass is 16.1. The number of fused-ring (bicyclic) bond motifs is 1. The molecule has 1 amide bonds. The van der Waals surface area contributed by atoms with Gasteiger partial charge in [0, 0.05) is 19.0 Å². The number of H-pyrrole nitrogens is 1. The third-order valence-electron chi connectivity index (χ3n) is 2.80. The fourth-order valence-corrected chi connectivity index (χ4v) is 1.97. The van der Waals surface area contributed by atoms with E-state index < -0.39 is 0 Å². The van der Waals surface area contributed by atoms with Gasteiger partial charge in [-0.3, -0.25) is 4.79 Å². The first kappa shape index (κ1) is 11.6. The summed E-state index contributed by atoms with van der Waals surface area (Å²) in [5.41, 5.74) is 3.59. The standard InChI is InChI=1S/C13H17N3O/c1-4-5-11-15-10-7-9(13(17)14-3)6-8(2)12(10)16-11/h6-7H,4-5H2,1-3H3,(H,14,17)(H,15,16). The Balaban J connectivity index is 2.53. The Kier molecular flexibility index (Phi) is 3.13. The molecule has 0 spiro atoms. The number of benzene rings is 1. The Morgan fingerprint density at radius 1 is 1.47 bits per heavy atom. The van der Waals surface area contributed by atoms with Crippen molar-refractivity contribution < 1.29 is 4.79 Å². The van der Waals surface area contributed by atoms with E-state index in [2.05, 4.69) is 22.2 Å². The number of amides is 1. The van der Waals surface area contributed by atoms with E-state index in [4.69, 9.17) is 0 Å². The zero-order valence-electron chi connectivity index (χ0n) is 10.4. The minimum atomic E-state index is -0.0679. The highest BCUT2D eigenvalue weighted by Gasteiger charge is 2.10. The molecule has 0 fully saturated rings. The van der Waals surface area contributed by atoms with E-state index in [0.29, 0.717) is 5.56 Å². The molecular weight excluding hydrogens is 214 g/mol. The SMILES string of the molecule is CCCc1nc2c(C)cc(C(=O)NC)cc2[nH]1. The van der Waals surface area contributed by atoms with Crippen molar-refractivity contribution in [2.45, 2.75) is 26.7 Å². The van der Waals surface area contributed by atoms with Gasteiger partial charge in [-0.1, -0.05) is 6.92 Å². The third kappa shape index (κ3) is 2.16. The number of imidazole rings is 1. The maximum atomic E-state index is 11.6. The smallest absolute Gasteiger partial charge is 0.251 e. The highest BCUT2D eigenvalue weighted by Crippen LogP contribution is 2.19. The topological polar surface area (TPSA) is 57.8 Å². The monoisotopic (exact) mass is 231 g/mol. The Morgan fingerprint density at radius 2 is 2.24 bits per heavy atom. The fraction of sp³-hybridized carbons (Fsp3) is 0.385. The second-order valence-corrected chi connectivity index (χ2v) is 4.20. The van der Waals surface area contributed by atoms with Crippen molar-refractivity contribution in [3.05, 3.63) is 29.1 Å². The van der Waals surface area contributed by atoms with Crippen LogP contribution in [-0.2, 0) is 6.42 Å². The Hall–Kier alpha value is -1.84. The fourth-order valence-electron chi connectivity index (χ4n) is 1.97. The molecule has 2 rings (SSSR count). The molecule has 4 heteroatoms. The summed E-state index contributed by atoms with van der Waals surface area (Å²) in [6.07, 6.45) is 1.99. The van der Waals surface area contributed by atoms with E-state index in [0.717, 1.165) is 35.3 Å². The molecule has 0 aliphatic heterocycles. The third-order valence-corrected chi connectivity index (χ3v) is 2.80. The van der Waals surface area contributed by atoms with E-state index in [9.17, 15) is 4.79 Å². The minimum absolute atomic E-state index is 0.0679. The molecule has 2 aromatic rings. The number of aromatic nitrogens is 2. The van der Waals surface area contributed by atoms with Crippen LogP contribution in [0, 0.1) is 6.92 Å². The van der Waals surface area contributed by atoms with Gasteiger partial charge in [-0.25, -0.2) is 4.98 Å². The Bertz CT molecular complexity index is 557. The summed E-state index contributed by atoms with van der Waals surface area (Å²) in [5.74, 6) is 0.918. The lowest BCUT2D eigenvalue weighted by atomic mass is 10.1. The summed E-state index contributed by atoms with van der Waals surface area (Å²) >= 11 is 0. The van der Waals surface area contributed by atoms with Crippen molar-refractivity contribution in [2.75, 3.05) is 7.05 Å². The van der Waals surface area contributed by atoms with Crippen LogP contribution < -0.4 is 5.32 Å². The van der Waals surface area contributed by atoms with Gasteiger partial charge in [0.1, 0.15) is 5.82 Å². The van der Waals surface area contributed by atoms with E-state index in [1.54, 1.807) is 7.05 Å². The second kappa shape index (κ2) is 4.57. The highest BCUT2D eigenvalue weighted by molar-refractivity contribution is 5.98. The van der Waals surface area contributed by atoms with Crippen molar-refractivity contribution in [1.29, 1.82) is 0 Å². The van der Waals surface area contributed by atoms with Gasteiger partial charge in [-0.15, -0.1) is 0 Å². The molecule has 1 aromatic carbocycles. The molecule has 0 aliphatic carbocycles. The quantitative estimate of drug-likeness (QED) is 0.850. The van der Waals surface area contributed by atoms with Crippen LogP contribution in [0.2, 0.25) is 0 Å². The molecule has 1 aromatic heterocycles. The van der Waals surface area contributed by atoms with Crippen LogP contribution in [0.15, 0.2) is 12.1 Å². The summed E-state index contributed by atoms with van der Waals surface area (Å²) in [7, 11) is 1.64. The van der Waals surface area contributed by atoms with E-state index in [1.807, 2.05) is 19.1 Å². The van der Waals surface area contributed by atoms with Crippen LogP contribution in [-0.4, -0.2) is 22.9 Å². The first-order chi connectivity index (χ1) is 8.15. The molecule has 0 atom stereocenters. The summed E-state index contributed by atoms with van der Waals surface area (Å²) in [6.45, 7) is 4.10. The number of nitrogens with one attached hydrogen (secondary N) is 2. The Morgan fingerprint density at radius 3 is 2.88 bits per heavy atom. The molecule has 0 unspecified atom stereocenters. The van der Waals surface area contributed by atoms with E-state index >= 15 is 0 Å². The molecule has 17 heavy (non-hydrogen) atoms. The summed E-state index contributed by atoms with van der Waals surface area (Å²) < 4.78 is 0. The summed E-state index contributed by atoms with van der Waals surface area (Å²) in [6, 6.07) is 3.73. The van der Waals surface area contributed by atoms with Gasteiger partial charge in [-0.2, -0.15) is 0 Å². The molecule has 1 heterocycles. The molecule has 2 N–H and O–H groups in total.